The standard InChI is InChI=1S/C14H25N3O/c1-10-6-11(2)8-12(7-10)13-9-16-14(15)17(13)4-5-18-3/h6,10,12-13H,4-5,7-9H2,1-3H3,(H2,15,16). The van der Waals surface area contributed by atoms with Gasteiger partial charge in [-0.3, -0.25) is 4.99 Å². The van der Waals surface area contributed by atoms with Crippen LogP contribution in [-0.2, 0) is 4.74 Å². The Hall–Kier alpha value is -1.03. The molecule has 0 fully saturated rings. The molecule has 1 aliphatic carbocycles. The maximum Gasteiger partial charge on any atom is 0.191 e. The van der Waals surface area contributed by atoms with E-state index in [1.807, 2.05) is 0 Å². The van der Waals surface area contributed by atoms with Gasteiger partial charge in [-0.05, 0) is 31.6 Å². The lowest BCUT2D eigenvalue weighted by atomic mass is 9.79. The fourth-order valence-electron chi connectivity index (χ4n) is 3.31. The van der Waals surface area contributed by atoms with Gasteiger partial charge in [-0.2, -0.15) is 0 Å². The molecular weight excluding hydrogens is 226 g/mol. The first-order valence-corrected chi connectivity index (χ1v) is 6.84. The molecule has 0 aromatic heterocycles. The third kappa shape index (κ3) is 2.86. The zero-order chi connectivity index (χ0) is 13.1. The van der Waals surface area contributed by atoms with Gasteiger partial charge in [0.15, 0.2) is 5.96 Å². The van der Waals surface area contributed by atoms with Gasteiger partial charge in [-0.25, -0.2) is 0 Å². The van der Waals surface area contributed by atoms with Crippen LogP contribution in [0.5, 0.6) is 0 Å². The number of allylic oxidation sites excluding steroid dienone is 2. The molecule has 3 unspecified atom stereocenters. The minimum absolute atomic E-state index is 0.464. The number of hydrogen-bond donors (Lipinski definition) is 1. The lowest BCUT2D eigenvalue weighted by Gasteiger charge is -2.36. The van der Waals surface area contributed by atoms with Crippen molar-refractivity contribution >= 4 is 5.96 Å². The average molecular weight is 251 g/mol. The second-order valence-electron chi connectivity index (χ2n) is 5.64. The fraction of sp³-hybridized carbons (Fsp3) is 0.786. The summed E-state index contributed by atoms with van der Waals surface area (Å²) in [6.45, 7) is 6.95. The zero-order valence-corrected chi connectivity index (χ0v) is 11.7. The monoisotopic (exact) mass is 251 g/mol. The predicted octanol–water partition coefficient (Wildman–Crippen LogP) is 1.62. The van der Waals surface area contributed by atoms with Gasteiger partial charge in [0.2, 0.25) is 0 Å². The zero-order valence-electron chi connectivity index (χ0n) is 11.7. The summed E-state index contributed by atoms with van der Waals surface area (Å²) in [7, 11) is 1.73. The van der Waals surface area contributed by atoms with E-state index >= 15 is 0 Å². The van der Waals surface area contributed by atoms with Crippen molar-refractivity contribution in [1.29, 1.82) is 0 Å². The predicted molar refractivity (Wildman–Crippen MR) is 74.5 cm³/mol. The molecule has 0 aromatic rings. The topological polar surface area (TPSA) is 50.9 Å². The molecule has 2 aliphatic rings. The largest absolute Gasteiger partial charge is 0.383 e. The fourth-order valence-corrected chi connectivity index (χ4v) is 3.31. The van der Waals surface area contributed by atoms with E-state index in [0.717, 1.165) is 13.1 Å². The molecule has 0 spiro atoms. The van der Waals surface area contributed by atoms with Gasteiger partial charge < -0.3 is 15.4 Å². The smallest absolute Gasteiger partial charge is 0.191 e. The van der Waals surface area contributed by atoms with E-state index in [0.29, 0.717) is 30.4 Å². The van der Waals surface area contributed by atoms with Crippen molar-refractivity contribution in [3.63, 3.8) is 0 Å². The highest BCUT2D eigenvalue weighted by atomic mass is 16.5. The Morgan fingerprint density at radius 1 is 1.56 bits per heavy atom. The van der Waals surface area contributed by atoms with E-state index in [9.17, 15) is 0 Å². The Kier molecular flexibility index (Phi) is 4.27. The van der Waals surface area contributed by atoms with Crippen molar-refractivity contribution in [3.05, 3.63) is 11.6 Å². The molecule has 102 valence electrons. The SMILES string of the molecule is COCCN1C(N)=NCC1C1CC(C)=CC(C)C1. The minimum Gasteiger partial charge on any atom is -0.383 e. The van der Waals surface area contributed by atoms with Crippen LogP contribution in [0.3, 0.4) is 0 Å². The molecule has 0 bridgehead atoms. The number of rotatable bonds is 4. The molecule has 0 saturated heterocycles. The Bertz CT molecular complexity index is 351. The van der Waals surface area contributed by atoms with Gasteiger partial charge in [0, 0.05) is 13.7 Å². The molecule has 0 aromatic carbocycles. The first-order valence-electron chi connectivity index (χ1n) is 6.84. The highest BCUT2D eigenvalue weighted by molar-refractivity contribution is 5.80. The lowest BCUT2D eigenvalue weighted by molar-refractivity contribution is 0.144. The summed E-state index contributed by atoms with van der Waals surface area (Å²) in [6, 6.07) is 0.464. The van der Waals surface area contributed by atoms with Gasteiger partial charge in [0.05, 0.1) is 19.2 Å². The van der Waals surface area contributed by atoms with Crippen LogP contribution in [0.2, 0.25) is 0 Å². The Balaban J connectivity index is 2.02. The van der Waals surface area contributed by atoms with Crippen LogP contribution in [0.15, 0.2) is 16.6 Å². The Labute approximate surface area is 110 Å². The summed E-state index contributed by atoms with van der Waals surface area (Å²) < 4.78 is 5.17. The van der Waals surface area contributed by atoms with Gasteiger partial charge in [0.25, 0.3) is 0 Å². The van der Waals surface area contributed by atoms with E-state index < -0.39 is 0 Å². The number of nitrogens with two attached hydrogens (primary N) is 1. The quantitative estimate of drug-likeness (QED) is 0.773. The number of ether oxygens (including phenoxy) is 1. The molecule has 3 atom stereocenters. The summed E-state index contributed by atoms with van der Waals surface area (Å²) in [5.74, 6) is 2.04. The van der Waals surface area contributed by atoms with E-state index in [1.54, 1.807) is 7.11 Å². The highest BCUT2D eigenvalue weighted by Gasteiger charge is 2.34. The molecule has 1 aliphatic heterocycles. The van der Waals surface area contributed by atoms with Crippen molar-refractivity contribution in [2.45, 2.75) is 32.7 Å². The van der Waals surface area contributed by atoms with Crippen LogP contribution < -0.4 is 5.73 Å². The number of aliphatic imine (C=N–C) groups is 1. The number of nitrogens with zero attached hydrogens (tertiary/aromatic N) is 2. The summed E-state index contributed by atoms with van der Waals surface area (Å²) in [4.78, 5) is 6.66. The maximum atomic E-state index is 5.99. The van der Waals surface area contributed by atoms with Crippen LogP contribution in [0.4, 0.5) is 0 Å². The second kappa shape index (κ2) is 5.74. The van der Waals surface area contributed by atoms with Crippen molar-refractivity contribution in [2.75, 3.05) is 26.8 Å². The molecule has 2 N–H and O–H groups in total. The Morgan fingerprint density at radius 3 is 3.00 bits per heavy atom. The minimum atomic E-state index is 0.464. The summed E-state index contributed by atoms with van der Waals surface area (Å²) in [6.07, 6.45) is 4.82. The number of guanidine groups is 1. The van der Waals surface area contributed by atoms with E-state index in [4.69, 9.17) is 10.5 Å². The second-order valence-corrected chi connectivity index (χ2v) is 5.64. The molecule has 0 radical (unpaired) electrons. The van der Waals surface area contributed by atoms with Gasteiger partial charge in [-0.15, -0.1) is 0 Å². The van der Waals surface area contributed by atoms with Crippen molar-refractivity contribution < 1.29 is 4.74 Å². The summed E-state index contributed by atoms with van der Waals surface area (Å²) in [5.41, 5.74) is 7.50. The normalized spacial score (nSPS) is 32.4. The molecular formula is C14H25N3O. The van der Waals surface area contributed by atoms with Crippen LogP contribution in [0.25, 0.3) is 0 Å². The van der Waals surface area contributed by atoms with Crippen LogP contribution in [-0.4, -0.2) is 43.7 Å². The van der Waals surface area contributed by atoms with Crippen molar-refractivity contribution in [3.8, 4) is 0 Å². The molecule has 4 nitrogen and oxygen atoms in total. The van der Waals surface area contributed by atoms with Gasteiger partial charge in [-0.1, -0.05) is 18.6 Å². The summed E-state index contributed by atoms with van der Waals surface area (Å²) >= 11 is 0. The highest BCUT2D eigenvalue weighted by Crippen LogP contribution is 2.33. The first-order chi connectivity index (χ1) is 8.61. The third-order valence-corrected chi connectivity index (χ3v) is 4.04. The maximum absolute atomic E-state index is 5.99. The van der Waals surface area contributed by atoms with E-state index in [1.165, 1.54) is 18.4 Å². The van der Waals surface area contributed by atoms with E-state index in [-0.39, 0.29) is 0 Å². The van der Waals surface area contributed by atoms with Gasteiger partial charge in [0.1, 0.15) is 0 Å². The van der Waals surface area contributed by atoms with Crippen molar-refractivity contribution in [2.24, 2.45) is 22.6 Å². The molecule has 0 saturated carbocycles. The molecule has 2 rings (SSSR count). The molecule has 0 amide bonds. The van der Waals surface area contributed by atoms with Crippen LogP contribution in [0.1, 0.15) is 26.7 Å². The Morgan fingerprint density at radius 2 is 2.33 bits per heavy atom. The molecule has 18 heavy (non-hydrogen) atoms. The number of methoxy groups -OCH3 is 1. The average Bonchev–Trinajstić information content (AvgIpc) is 2.67. The molecule has 1 heterocycles. The number of hydrogen-bond acceptors (Lipinski definition) is 4. The van der Waals surface area contributed by atoms with E-state index in [2.05, 4.69) is 29.8 Å². The van der Waals surface area contributed by atoms with Gasteiger partial charge >= 0.3 is 0 Å². The van der Waals surface area contributed by atoms with Crippen molar-refractivity contribution in [1.82, 2.24) is 4.90 Å². The van der Waals surface area contributed by atoms with Crippen LogP contribution in [0, 0.1) is 11.8 Å². The summed E-state index contributed by atoms with van der Waals surface area (Å²) in [5, 5.41) is 0. The third-order valence-electron chi connectivity index (χ3n) is 4.04. The first kappa shape index (κ1) is 13.4. The van der Waals surface area contributed by atoms with Crippen LogP contribution >= 0.6 is 0 Å². The lowest BCUT2D eigenvalue weighted by Crippen LogP contribution is -2.46. The molecule has 4 heteroatoms.